The number of likely N-dealkylation sites (tertiary alicyclic amines) is 1. The molecule has 0 amide bonds. The molecule has 1 fully saturated rings. The summed E-state index contributed by atoms with van der Waals surface area (Å²) >= 11 is 0. The Labute approximate surface area is 96.6 Å². The van der Waals surface area contributed by atoms with E-state index in [-0.39, 0.29) is 0 Å². The second-order valence-electron chi connectivity index (χ2n) is 4.41. The Morgan fingerprint density at radius 1 is 1.44 bits per heavy atom. The maximum absolute atomic E-state index is 5.77. The predicted octanol–water partition coefficient (Wildman–Crippen LogP) is 0.530. The van der Waals surface area contributed by atoms with Crippen molar-refractivity contribution in [1.29, 1.82) is 0 Å². The zero-order valence-corrected chi connectivity index (χ0v) is 10.2. The molecule has 1 aromatic rings. The molecule has 2 rings (SSSR count). The van der Waals surface area contributed by atoms with Gasteiger partial charge in [0.05, 0.1) is 6.54 Å². The molecular weight excluding hydrogens is 202 g/mol. The molecule has 0 saturated carbocycles. The predicted molar refractivity (Wildman–Crippen MR) is 62.9 cm³/mol. The number of nitrogens with zero attached hydrogens (tertiary/aromatic N) is 4. The first-order valence-electron chi connectivity index (χ1n) is 6.09. The van der Waals surface area contributed by atoms with Gasteiger partial charge in [0, 0.05) is 19.1 Å². The van der Waals surface area contributed by atoms with E-state index in [2.05, 4.69) is 26.6 Å². The molecule has 5 heteroatoms. The highest BCUT2D eigenvalue weighted by Crippen LogP contribution is 2.18. The third-order valence-electron chi connectivity index (χ3n) is 3.44. The lowest BCUT2D eigenvalue weighted by Crippen LogP contribution is -2.35. The van der Waals surface area contributed by atoms with Crippen molar-refractivity contribution in [3.8, 4) is 0 Å². The summed E-state index contributed by atoms with van der Waals surface area (Å²) < 4.78 is 2.17. The lowest BCUT2D eigenvalue weighted by Gasteiger charge is -2.22. The van der Waals surface area contributed by atoms with Crippen LogP contribution in [0.2, 0.25) is 0 Å². The van der Waals surface area contributed by atoms with Crippen LogP contribution in [0.25, 0.3) is 0 Å². The van der Waals surface area contributed by atoms with Crippen molar-refractivity contribution < 1.29 is 0 Å². The Hall–Kier alpha value is -0.940. The molecule has 1 atom stereocenters. The fraction of sp³-hybridized carbons (Fsp3) is 0.818. The second-order valence-corrected chi connectivity index (χ2v) is 4.41. The molecule has 2 heterocycles. The summed E-state index contributed by atoms with van der Waals surface area (Å²) in [4.78, 5) is 2.43. The zero-order chi connectivity index (χ0) is 11.5. The quantitative estimate of drug-likeness (QED) is 0.809. The highest BCUT2D eigenvalue weighted by molar-refractivity contribution is 4.95. The number of hydrogen-bond acceptors (Lipinski definition) is 4. The van der Waals surface area contributed by atoms with Crippen LogP contribution in [-0.2, 0) is 13.1 Å². The maximum Gasteiger partial charge on any atom is 0.147 e. The van der Waals surface area contributed by atoms with E-state index in [1.807, 2.05) is 6.92 Å². The first-order valence-corrected chi connectivity index (χ1v) is 6.09. The Morgan fingerprint density at radius 3 is 2.94 bits per heavy atom. The van der Waals surface area contributed by atoms with E-state index in [0.717, 1.165) is 37.8 Å². The molecule has 16 heavy (non-hydrogen) atoms. The van der Waals surface area contributed by atoms with Gasteiger partial charge in [-0.15, -0.1) is 10.2 Å². The van der Waals surface area contributed by atoms with Gasteiger partial charge in [-0.05, 0) is 33.2 Å². The topological polar surface area (TPSA) is 60.0 Å². The summed E-state index contributed by atoms with van der Waals surface area (Å²) in [6.45, 7) is 7.84. The van der Waals surface area contributed by atoms with Crippen LogP contribution in [0.5, 0.6) is 0 Å². The third kappa shape index (κ3) is 2.10. The average molecular weight is 223 g/mol. The van der Waals surface area contributed by atoms with Gasteiger partial charge in [0.2, 0.25) is 0 Å². The van der Waals surface area contributed by atoms with Crippen molar-refractivity contribution >= 4 is 0 Å². The minimum absolute atomic E-state index is 0.530. The van der Waals surface area contributed by atoms with Gasteiger partial charge in [-0.2, -0.15) is 0 Å². The summed E-state index contributed by atoms with van der Waals surface area (Å²) in [6.07, 6.45) is 2.47. The van der Waals surface area contributed by atoms with Crippen LogP contribution < -0.4 is 5.73 Å². The second kappa shape index (κ2) is 4.93. The number of rotatable bonds is 4. The van der Waals surface area contributed by atoms with Gasteiger partial charge in [-0.25, -0.2) is 0 Å². The van der Waals surface area contributed by atoms with E-state index >= 15 is 0 Å². The molecule has 1 aliphatic rings. The molecule has 1 aliphatic heterocycles. The third-order valence-corrected chi connectivity index (χ3v) is 3.44. The van der Waals surface area contributed by atoms with Gasteiger partial charge in [0.25, 0.3) is 0 Å². The molecule has 1 saturated heterocycles. The Kier molecular flexibility index (Phi) is 3.56. The van der Waals surface area contributed by atoms with E-state index in [9.17, 15) is 0 Å². The summed E-state index contributed by atoms with van der Waals surface area (Å²) in [6, 6.07) is 0.530. The fourth-order valence-electron chi connectivity index (χ4n) is 2.51. The smallest absolute Gasteiger partial charge is 0.147 e. The molecule has 5 nitrogen and oxygen atoms in total. The summed E-state index contributed by atoms with van der Waals surface area (Å²) in [5.74, 6) is 2.07. The molecule has 0 radical (unpaired) electrons. The molecule has 0 bridgehead atoms. The van der Waals surface area contributed by atoms with Crippen LogP contribution in [0, 0.1) is 6.92 Å². The average Bonchev–Trinajstić information content (AvgIpc) is 2.86. The fourth-order valence-corrected chi connectivity index (χ4v) is 2.51. The zero-order valence-electron chi connectivity index (χ0n) is 10.2. The SMILES string of the molecule is CCn1c(C)nnc1CN1CCCC1CN. The summed E-state index contributed by atoms with van der Waals surface area (Å²) in [5.41, 5.74) is 5.77. The molecule has 0 spiro atoms. The van der Waals surface area contributed by atoms with Crippen LogP contribution >= 0.6 is 0 Å². The van der Waals surface area contributed by atoms with E-state index in [1.54, 1.807) is 0 Å². The normalized spacial score (nSPS) is 21.8. The molecule has 0 aliphatic carbocycles. The van der Waals surface area contributed by atoms with E-state index in [4.69, 9.17) is 5.73 Å². The van der Waals surface area contributed by atoms with Gasteiger partial charge in [-0.3, -0.25) is 4.90 Å². The van der Waals surface area contributed by atoms with Crippen LogP contribution in [0.1, 0.15) is 31.4 Å². The number of nitrogens with two attached hydrogens (primary N) is 1. The first kappa shape index (κ1) is 11.5. The molecule has 2 N–H and O–H groups in total. The van der Waals surface area contributed by atoms with Gasteiger partial charge in [0.1, 0.15) is 11.6 Å². The van der Waals surface area contributed by atoms with E-state index in [0.29, 0.717) is 6.04 Å². The first-order chi connectivity index (χ1) is 7.76. The molecule has 0 aromatic carbocycles. The van der Waals surface area contributed by atoms with Crippen molar-refractivity contribution in [2.75, 3.05) is 13.1 Å². The lowest BCUT2D eigenvalue weighted by atomic mass is 10.2. The van der Waals surface area contributed by atoms with Crippen LogP contribution in [0.3, 0.4) is 0 Å². The monoisotopic (exact) mass is 223 g/mol. The van der Waals surface area contributed by atoms with Crippen molar-refractivity contribution in [2.45, 2.75) is 45.8 Å². The molecule has 1 aromatic heterocycles. The van der Waals surface area contributed by atoms with Crippen LogP contribution in [0.15, 0.2) is 0 Å². The van der Waals surface area contributed by atoms with Crippen LogP contribution in [-0.4, -0.2) is 38.8 Å². The number of aromatic nitrogens is 3. The summed E-state index contributed by atoms with van der Waals surface area (Å²) in [5, 5.41) is 8.38. The standard InChI is InChI=1S/C11H21N5/c1-3-16-9(2)13-14-11(16)8-15-6-4-5-10(15)7-12/h10H,3-8,12H2,1-2H3. The Bertz CT molecular complexity index is 346. The minimum atomic E-state index is 0.530. The lowest BCUT2D eigenvalue weighted by molar-refractivity contribution is 0.240. The van der Waals surface area contributed by atoms with Crippen molar-refractivity contribution in [2.24, 2.45) is 5.73 Å². The number of aryl methyl sites for hydroxylation is 1. The van der Waals surface area contributed by atoms with Gasteiger partial charge in [-0.1, -0.05) is 0 Å². The highest BCUT2D eigenvalue weighted by Gasteiger charge is 2.24. The van der Waals surface area contributed by atoms with Gasteiger partial charge in [0.15, 0.2) is 0 Å². The maximum atomic E-state index is 5.77. The minimum Gasteiger partial charge on any atom is -0.329 e. The number of hydrogen-bond donors (Lipinski definition) is 1. The van der Waals surface area contributed by atoms with Crippen molar-refractivity contribution in [1.82, 2.24) is 19.7 Å². The van der Waals surface area contributed by atoms with Crippen LogP contribution in [0.4, 0.5) is 0 Å². The van der Waals surface area contributed by atoms with E-state index < -0.39 is 0 Å². The molecule has 1 unspecified atom stereocenters. The highest BCUT2D eigenvalue weighted by atomic mass is 15.3. The molecule has 90 valence electrons. The van der Waals surface area contributed by atoms with Crippen molar-refractivity contribution in [3.63, 3.8) is 0 Å². The Morgan fingerprint density at radius 2 is 2.25 bits per heavy atom. The van der Waals surface area contributed by atoms with Crippen molar-refractivity contribution in [3.05, 3.63) is 11.6 Å². The van der Waals surface area contributed by atoms with Gasteiger partial charge < -0.3 is 10.3 Å². The Balaban J connectivity index is 2.08. The van der Waals surface area contributed by atoms with E-state index in [1.165, 1.54) is 12.8 Å². The van der Waals surface area contributed by atoms with Gasteiger partial charge >= 0.3 is 0 Å². The molecular formula is C11H21N5. The summed E-state index contributed by atoms with van der Waals surface area (Å²) in [7, 11) is 0. The largest absolute Gasteiger partial charge is 0.329 e.